The molecule has 0 aromatic rings. The molecule has 0 fully saturated rings. The molecule has 0 aromatic carbocycles. The summed E-state index contributed by atoms with van der Waals surface area (Å²) in [5.74, 6) is 0.702. The fourth-order valence-corrected chi connectivity index (χ4v) is 4.74. The Labute approximate surface area is 122 Å². The van der Waals surface area contributed by atoms with Crippen LogP contribution >= 0.6 is 0 Å². The molecule has 0 unspecified atom stereocenters. The van der Waals surface area contributed by atoms with Gasteiger partial charge in [0, 0.05) is 13.2 Å². The molecule has 0 atom stereocenters. The molecule has 0 saturated carbocycles. The Balaban J connectivity index is 4.10. The molecule has 0 heterocycles. The van der Waals surface area contributed by atoms with E-state index in [0.717, 1.165) is 25.3 Å². The summed E-state index contributed by atoms with van der Waals surface area (Å²) in [5.41, 5.74) is 0. The first-order valence-electron chi connectivity index (χ1n) is 8.45. The summed E-state index contributed by atoms with van der Waals surface area (Å²) in [6.07, 6.45) is 7.52. The van der Waals surface area contributed by atoms with Crippen molar-refractivity contribution < 1.29 is 8.85 Å². The highest BCUT2D eigenvalue weighted by atomic mass is 28.4. The first-order valence-corrected chi connectivity index (χ1v) is 10.7. The lowest BCUT2D eigenvalue weighted by molar-refractivity contribution is 0.140. The van der Waals surface area contributed by atoms with E-state index in [1.54, 1.807) is 0 Å². The molecule has 116 valence electrons. The van der Waals surface area contributed by atoms with E-state index in [1.807, 2.05) is 0 Å². The second-order valence-electron chi connectivity index (χ2n) is 5.52. The lowest BCUT2D eigenvalue weighted by Gasteiger charge is -2.30. The Morgan fingerprint density at radius 3 is 1.89 bits per heavy atom. The maximum absolute atomic E-state index is 6.30. The van der Waals surface area contributed by atoms with Gasteiger partial charge >= 0.3 is 8.56 Å². The molecule has 0 aromatic heterocycles. The van der Waals surface area contributed by atoms with Crippen molar-refractivity contribution in [2.45, 2.75) is 85.2 Å². The average Bonchev–Trinajstić information content (AvgIpc) is 2.46. The highest BCUT2D eigenvalue weighted by molar-refractivity contribution is 6.67. The minimum absolute atomic E-state index is 0.702. The van der Waals surface area contributed by atoms with Gasteiger partial charge in [-0.15, -0.1) is 0 Å². The summed E-state index contributed by atoms with van der Waals surface area (Å²) in [6.45, 7) is 13.0. The van der Waals surface area contributed by atoms with Crippen LogP contribution in [0, 0.1) is 5.92 Å². The molecule has 0 saturated heterocycles. The molecule has 0 aliphatic carbocycles. The van der Waals surface area contributed by atoms with Gasteiger partial charge in [-0.05, 0) is 24.4 Å². The van der Waals surface area contributed by atoms with Crippen molar-refractivity contribution >= 4 is 8.56 Å². The van der Waals surface area contributed by atoms with Gasteiger partial charge in [0.05, 0.1) is 0 Å². The molecule has 3 heteroatoms. The van der Waals surface area contributed by atoms with E-state index in [9.17, 15) is 0 Å². The largest absolute Gasteiger partial charge is 0.394 e. The van der Waals surface area contributed by atoms with Gasteiger partial charge in [-0.3, -0.25) is 0 Å². The Bertz CT molecular complexity index is 189. The topological polar surface area (TPSA) is 18.5 Å². The number of hydrogen-bond acceptors (Lipinski definition) is 2. The van der Waals surface area contributed by atoms with Gasteiger partial charge in [0.15, 0.2) is 0 Å². The van der Waals surface area contributed by atoms with Crippen LogP contribution in [0.3, 0.4) is 0 Å². The van der Waals surface area contributed by atoms with Gasteiger partial charge in [-0.25, -0.2) is 0 Å². The molecule has 0 aliphatic rings. The quantitative estimate of drug-likeness (QED) is 0.328. The Kier molecular flexibility index (Phi) is 12.0. The molecule has 0 amide bonds. The van der Waals surface area contributed by atoms with E-state index >= 15 is 0 Å². The fraction of sp³-hybridized carbons (Fsp3) is 1.00. The lowest BCUT2D eigenvalue weighted by atomic mass is 10.1. The molecule has 2 nitrogen and oxygen atoms in total. The molecule has 19 heavy (non-hydrogen) atoms. The van der Waals surface area contributed by atoms with Crippen LogP contribution in [0.15, 0.2) is 0 Å². The van der Waals surface area contributed by atoms with Gasteiger partial charge in [-0.1, -0.05) is 66.7 Å². The molecule has 0 radical (unpaired) electrons. The molecule has 0 bridgehead atoms. The predicted molar refractivity (Wildman–Crippen MR) is 86.8 cm³/mol. The number of rotatable bonds is 13. The molecule has 0 aliphatic heterocycles. The van der Waals surface area contributed by atoms with E-state index in [2.05, 4.69) is 34.6 Å². The van der Waals surface area contributed by atoms with E-state index in [1.165, 1.54) is 38.5 Å². The lowest BCUT2D eigenvalue weighted by Crippen LogP contribution is -2.42. The maximum Gasteiger partial charge on any atom is 0.337 e. The minimum atomic E-state index is -1.90. The monoisotopic (exact) mass is 288 g/mol. The van der Waals surface area contributed by atoms with Crippen molar-refractivity contribution in [3.05, 3.63) is 0 Å². The molecule has 0 rings (SSSR count). The van der Waals surface area contributed by atoms with Gasteiger partial charge in [0.1, 0.15) is 0 Å². The van der Waals surface area contributed by atoms with Crippen molar-refractivity contribution in [1.82, 2.24) is 0 Å². The summed E-state index contributed by atoms with van der Waals surface area (Å²) >= 11 is 0. The highest BCUT2D eigenvalue weighted by Crippen LogP contribution is 2.21. The van der Waals surface area contributed by atoms with Crippen molar-refractivity contribution in [3.63, 3.8) is 0 Å². The van der Waals surface area contributed by atoms with Gasteiger partial charge in [0.2, 0.25) is 0 Å². The normalized spacial score (nSPS) is 12.3. The maximum atomic E-state index is 6.30. The summed E-state index contributed by atoms with van der Waals surface area (Å²) < 4.78 is 12.5. The van der Waals surface area contributed by atoms with Crippen molar-refractivity contribution in [3.8, 4) is 0 Å². The third kappa shape index (κ3) is 8.11. The van der Waals surface area contributed by atoms with Crippen molar-refractivity contribution in [1.29, 1.82) is 0 Å². The second kappa shape index (κ2) is 11.9. The minimum Gasteiger partial charge on any atom is -0.394 e. The Hall–Kier alpha value is 0.137. The molecule has 0 N–H and O–H groups in total. The first kappa shape index (κ1) is 19.1. The Morgan fingerprint density at radius 2 is 1.42 bits per heavy atom. The SMILES string of the molecule is CCCCCCO[Si](CC)(CC)OCC(CC)CC. The third-order valence-corrected chi connectivity index (χ3v) is 7.75. The summed E-state index contributed by atoms with van der Waals surface area (Å²) in [4.78, 5) is 0. The average molecular weight is 289 g/mol. The van der Waals surface area contributed by atoms with E-state index < -0.39 is 8.56 Å². The number of hydrogen-bond donors (Lipinski definition) is 0. The van der Waals surface area contributed by atoms with Crippen LogP contribution in [0.1, 0.15) is 73.1 Å². The highest BCUT2D eigenvalue weighted by Gasteiger charge is 2.33. The van der Waals surface area contributed by atoms with Crippen LogP contribution in [0.25, 0.3) is 0 Å². The van der Waals surface area contributed by atoms with Gasteiger partial charge in [0.25, 0.3) is 0 Å². The van der Waals surface area contributed by atoms with Crippen LogP contribution in [0.5, 0.6) is 0 Å². The predicted octanol–water partition coefficient (Wildman–Crippen LogP) is 5.52. The van der Waals surface area contributed by atoms with Crippen LogP contribution in [-0.4, -0.2) is 21.8 Å². The summed E-state index contributed by atoms with van der Waals surface area (Å²) in [7, 11) is -1.90. The number of unbranched alkanes of at least 4 members (excludes halogenated alkanes) is 3. The standard InChI is InChI=1S/C16H36O2Si/c1-6-11-12-13-14-17-19(9-4,10-5)18-15-16(7-2)8-3/h16H,6-15H2,1-5H3. The van der Waals surface area contributed by atoms with Crippen molar-refractivity contribution in [2.24, 2.45) is 5.92 Å². The third-order valence-electron chi connectivity index (χ3n) is 4.18. The van der Waals surface area contributed by atoms with Crippen LogP contribution in [0.4, 0.5) is 0 Å². The van der Waals surface area contributed by atoms with Crippen molar-refractivity contribution in [2.75, 3.05) is 13.2 Å². The fourth-order valence-electron chi connectivity index (χ4n) is 2.28. The zero-order chi connectivity index (χ0) is 14.6. The first-order chi connectivity index (χ1) is 9.17. The van der Waals surface area contributed by atoms with Crippen LogP contribution < -0.4 is 0 Å². The van der Waals surface area contributed by atoms with Crippen LogP contribution in [0.2, 0.25) is 12.1 Å². The molecule has 0 spiro atoms. The van der Waals surface area contributed by atoms with E-state index in [0.29, 0.717) is 5.92 Å². The molecular weight excluding hydrogens is 252 g/mol. The molecular formula is C16H36O2Si. The second-order valence-corrected chi connectivity index (χ2v) is 9.33. The summed E-state index contributed by atoms with van der Waals surface area (Å²) in [5, 5.41) is 0. The zero-order valence-electron chi connectivity index (χ0n) is 14.0. The van der Waals surface area contributed by atoms with Gasteiger partial charge < -0.3 is 8.85 Å². The van der Waals surface area contributed by atoms with E-state index in [4.69, 9.17) is 8.85 Å². The van der Waals surface area contributed by atoms with E-state index in [-0.39, 0.29) is 0 Å². The smallest absolute Gasteiger partial charge is 0.337 e. The zero-order valence-corrected chi connectivity index (χ0v) is 15.0. The Morgan fingerprint density at radius 1 is 0.789 bits per heavy atom. The summed E-state index contributed by atoms with van der Waals surface area (Å²) in [6, 6.07) is 2.16. The van der Waals surface area contributed by atoms with Crippen LogP contribution in [-0.2, 0) is 8.85 Å². The van der Waals surface area contributed by atoms with Gasteiger partial charge in [-0.2, -0.15) is 0 Å².